The summed E-state index contributed by atoms with van der Waals surface area (Å²) >= 11 is 11.6. The largest absolute Gasteiger partial charge is 0.293 e. The summed E-state index contributed by atoms with van der Waals surface area (Å²) in [6.45, 7) is 0. The maximum Gasteiger partial charge on any atom is 0.177 e. The van der Waals surface area contributed by atoms with Crippen LogP contribution in [0.25, 0.3) is 0 Å². The van der Waals surface area contributed by atoms with Gasteiger partial charge in [-0.05, 0) is 60.5 Å². The summed E-state index contributed by atoms with van der Waals surface area (Å²) in [5.74, 6) is -4.27. The molecule has 2 aromatic carbocycles. The highest BCUT2D eigenvalue weighted by Gasteiger charge is 2.31. The van der Waals surface area contributed by atoms with E-state index < -0.39 is 34.7 Å². The predicted octanol–water partition coefficient (Wildman–Crippen LogP) is 5.59. The molecule has 3 rings (SSSR count). The van der Waals surface area contributed by atoms with Gasteiger partial charge in [-0.25, -0.2) is 13.8 Å². The zero-order valence-corrected chi connectivity index (χ0v) is 15.8. The van der Waals surface area contributed by atoms with E-state index in [4.69, 9.17) is 23.2 Å². The van der Waals surface area contributed by atoms with Crippen LogP contribution in [0, 0.1) is 17.6 Å². The van der Waals surface area contributed by atoms with Gasteiger partial charge in [0.2, 0.25) is 0 Å². The van der Waals surface area contributed by atoms with Crippen LogP contribution in [0.1, 0.15) is 26.3 Å². The van der Waals surface area contributed by atoms with Crippen molar-refractivity contribution in [3.05, 3.63) is 99.3 Å². The number of rotatable bonds is 6. The first kappa shape index (κ1) is 20.1. The van der Waals surface area contributed by atoms with Crippen molar-refractivity contribution >= 4 is 34.8 Å². The van der Waals surface area contributed by atoms with E-state index in [1.54, 1.807) is 6.07 Å². The van der Waals surface area contributed by atoms with Crippen LogP contribution >= 0.6 is 23.2 Å². The van der Waals surface area contributed by atoms with Crippen LogP contribution in [-0.2, 0) is 6.42 Å². The van der Waals surface area contributed by atoms with Gasteiger partial charge in [-0.1, -0.05) is 29.3 Å². The summed E-state index contributed by atoms with van der Waals surface area (Å²) < 4.78 is 27.7. The number of carbonyl (C=O) groups is 2. The van der Waals surface area contributed by atoms with Gasteiger partial charge in [-0.2, -0.15) is 0 Å². The molecule has 0 fully saturated rings. The van der Waals surface area contributed by atoms with Gasteiger partial charge >= 0.3 is 0 Å². The van der Waals surface area contributed by atoms with Gasteiger partial charge < -0.3 is 0 Å². The van der Waals surface area contributed by atoms with E-state index in [1.807, 2.05) is 0 Å². The Kier molecular flexibility index (Phi) is 6.17. The molecule has 0 bridgehead atoms. The zero-order valence-electron chi connectivity index (χ0n) is 14.3. The highest BCUT2D eigenvalue weighted by molar-refractivity contribution is 6.30. The Labute approximate surface area is 169 Å². The van der Waals surface area contributed by atoms with Crippen LogP contribution in [0.2, 0.25) is 10.2 Å². The fraction of sp³-hybridized carbons (Fsp3) is 0.0952. The fourth-order valence-electron chi connectivity index (χ4n) is 2.76. The average Bonchev–Trinajstić information content (AvgIpc) is 2.69. The van der Waals surface area contributed by atoms with E-state index >= 15 is 0 Å². The molecule has 142 valence electrons. The lowest BCUT2D eigenvalue weighted by Gasteiger charge is -2.16. The Morgan fingerprint density at radius 3 is 2.29 bits per heavy atom. The van der Waals surface area contributed by atoms with E-state index in [0.717, 1.165) is 18.2 Å². The first-order valence-corrected chi connectivity index (χ1v) is 9.00. The molecule has 0 saturated heterocycles. The summed E-state index contributed by atoms with van der Waals surface area (Å²) in [4.78, 5) is 29.9. The zero-order chi connectivity index (χ0) is 20.3. The van der Waals surface area contributed by atoms with Crippen LogP contribution in [0.3, 0.4) is 0 Å². The van der Waals surface area contributed by atoms with Crippen LogP contribution in [0.4, 0.5) is 8.78 Å². The molecular formula is C21H13Cl2F2NO2. The number of hydrogen-bond acceptors (Lipinski definition) is 3. The van der Waals surface area contributed by atoms with Crippen molar-refractivity contribution in [1.82, 2.24) is 4.98 Å². The number of nitrogens with zero attached hydrogens (tertiary/aromatic N) is 1. The molecule has 1 unspecified atom stereocenters. The van der Waals surface area contributed by atoms with Crippen molar-refractivity contribution in [3.63, 3.8) is 0 Å². The number of ketones is 2. The number of benzene rings is 2. The number of carbonyl (C=O) groups excluding carboxylic acids is 2. The Hall–Kier alpha value is -2.63. The predicted molar refractivity (Wildman–Crippen MR) is 103 cm³/mol. The number of aromatic nitrogens is 1. The Bertz CT molecular complexity index is 1020. The number of halogens is 4. The minimum atomic E-state index is -1.26. The smallest absolute Gasteiger partial charge is 0.177 e. The van der Waals surface area contributed by atoms with Gasteiger partial charge in [0, 0.05) is 16.8 Å². The second-order valence-corrected chi connectivity index (χ2v) is 6.93. The van der Waals surface area contributed by atoms with Gasteiger partial charge in [0.15, 0.2) is 11.6 Å². The quantitative estimate of drug-likeness (QED) is 0.297. The summed E-state index contributed by atoms with van der Waals surface area (Å²) in [6.07, 6.45) is 1.39. The molecule has 0 N–H and O–H groups in total. The van der Waals surface area contributed by atoms with Crippen molar-refractivity contribution < 1.29 is 18.4 Å². The maximum atomic E-state index is 14.1. The second kappa shape index (κ2) is 8.59. The summed E-state index contributed by atoms with van der Waals surface area (Å²) in [5.41, 5.74) is 0.317. The van der Waals surface area contributed by atoms with Crippen molar-refractivity contribution in [2.75, 3.05) is 0 Å². The molecule has 0 aliphatic heterocycles. The Balaban J connectivity index is 2.01. The molecule has 0 radical (unpaired) electrons. The van der Waals surface area contributed by atoms with Crippen molar-refractivity contribution in [2.45, 2.75) is 6.42 Å². The molecule has 7 heteroatoms. The van der Waals surface area contributed by atoms with E-state index in [0.29, 0.717) is 10.6 Å². The molecular weight excluding hydrogens is 407 g/mol. The first-order valence-electron chi connectivity index (χ1n) is 8.24. The highest BCUT2D eigenvalue weighted by Crippen LogP contribution is 2.23. The van der Waals surface area contributed by atoms with Crippen LogP contribution in [0.15, 0.2) is 60.8 Å². The highest BCUT2D eigenvalue weighted by atomic mass is 35.5. The third-order valence-corrected chi connectivity index (χ3v) is 4.66. The van der Waals surface area contributed by atoms with Gasteiger partial charge in [-0.15, -0.1) is 0 Å². The van der Waals surface area contributed by atoms with Gasteiger partial charge in [0.25, 0.3) is 0 Å². The molecule has 0 aliphatic rings. The van der Waals surface area contributed by atoms with E-state index in [1.165, 1.54) is 36.5 Å². The number of Topliss-reactive ketones (excluding diaryl/α,β-unsaturated/α-hetero) is 2. The molecule has 1 atom stereocenters. The molecule has 3 nitrogen and oxygen atoms in total. The SMILES string of the molecule is O=C(c1ccc(Cl)cc1)C(Cc1ccc(Cl)nc1)C(=O)c1cc(F)ccc1F. The van der Waals surface area contributed by atoms with E-state index in [-0.39, 0.29) is 17.1 Å². The summed E-state index contributed by atoms with van der Waals surface area (Å²) in [5, 5.41) is 0.685. The second-order valence-electron chi connectivity index (χ2n) is 6.11. The topological polar surface area (TPSA) is 47.0 Å². The number of pyridine rings is 1. The van der Waals surface area contributed by atoms with Gasteiger partial charge in [-0.3, -0.25) is 9.59 Å². The lowest BCUT2D eigenvalue weighted by Crippen LogP contribution is -2.27. The minimum Gasteiger partial charge on any atom is -0.293 e. The number of hydrogen-bond donors (Lipinski definition) is 0. The fourth-order valence-corrected chi connectivity index (χ4v) is 2.99. The van der Waals surface area contributed by atoms with Gasteiger partial charge in [0.1, 0.15) is 16.8 Å². The van der Waals surface area contributed by atoms with E-state index in [2.05, 4.69) is 4.98 Å². The maximum absolute atomic E-state index is 14.1. The minimum absolute atomic E-state index is 0.0413. The molecule has 0 saturated carbocycles. The standard InChI is InChI=1S/C21H13Cl2F2NO2/c22-14-4-2-13(3-5-14)20(27)17(9-12-1-8-19(23)26-11-12)21(28)16-10-15(24)6-7-18(16)25/h1-8,10-11,17H,9H2. The normalized spacial score (nSPS) is 11.9. The third kappa shape index (κ3) is 4.61. The summed E-state index contributed by atoms with van der Waals surface area (Å²) in [6, 6.07) is 11.7. The summed E-state index contributed by atoms with van der Waals surface area (Å²) in [7, 11) is 0. The van der Waals surface area contributed by atoms with E-state index in [9.17, 15) is 18.4 Å². The monoisotopic (exact) mass is 419 g/mol. The Morgan fingerprint density at radius 1 is 0.929 bits per heavy atom. The van der Waals surface area contributed by atoms with Crippen molar-refractivity contribution in [2.24, 2.45) is 5.92 Å². The van der Waals surface area contributed by atoms with Crippen LogP contribution < -0.4 is 0 Å². The molecule has 1 aromatic heterocycles. The van der Waals surface area contributed by atoms with Crippen LogP contribution in [-0.4, -0.2) is 16.6 Å². The molecule has 3 aromatic rings. The molecule has 0 amide bonds. The van der Waals surface area contributed by atoms with Gasteiger partial charge in [0.05, 0.1) is 11.5 Å². The lowest BCUT2D eigenvalue weighted by atomic mass is 9.85. The Morgan fingerprint density at radius 2 is 1.64 bits per heavy atom. The lowest BCUT2D eigenvalue weighted by molar-refractivity contribution is 0.0804. The molecule has 28 heavy (non-hydrogen) atoms. The molecule has 0 aliphatic carbocycles. The van der Waals surface area contributed by atoms with Crippen molar-refractivity contribution in [1.29, 1.82) is 0 Å². The van der Waals surface area contributed by atoms with Crippen LogP contribution in [0.5, 0.6) is 0 Å². The first-order chi connectivity index (χ1) is 13.3. The molecule has 1 heterocycles. The average molecular weight is 420 g/mol. The van der Waals surface area contributed by atoms with Crippen molar-refractivity contribution in [3.8, 4) is 0 Å². The molecule has 0 spiro atoms. The third-order valence-electron chi connectivity index (χ3n) is 4.18.